The van der Waals surface area contributed by atoms with Crippen molar-refractivity contribution in [3.8, 4) is 0 Å². The second-order valence-electron chi connectivity index (χ2n) is 6.16. The average molecular weight is 485 g/mol. The molecule has 1 aromatic heterocycles. The Bertz CT molecular complexity index is 1070. The number of carbonyl (C=O) groups is 2. The number of amides is 2. The zero-order valence-corrected chi connectivity index (χ0v) is 18.7. The molecule has 0 aliphatic carbocycles. The fourth-order valence-corrected chi connectivity index (χ4v) is 3.56. The molecule has 30 heavy (non-hydrogen) atoms. The summed E-state index contributed by atoms with van der Waals surface area (Å²) in [5, 5.41) is 15.5. The third-order valence-electron chi connectivity index (χ3n) is 3.91. The van der Waals surface area contributed by atoms with Gasteiger partial charge in [-0.2, -0.15) is 0 Å². The highest BCUT2D eigenvalue weighted by Gasteiger charge is 2.15. The molecule has 0 fully saturated rings. The fourth-order valence-electron chi connectivity index (χ4n) is 2.41. The van der Waals surface area contributed by atoms with Crippen molar-refractivity contribution in [1.29, 1.82) is 0 Å². The molecule has 0 atom stereocenters. The predicted molar refractivity (Wildman–Crippen MR) is 121 cm³/mol. The standard InChI is InChI=1S/C19H16Cl3N5O2S/c1-27-16(9-17(28)23-12-4-2-11(20)3-5-12)25-26-19(27)30-10-18(29)24-13-6-7-14(21)15(22)8-13/h2-8H,9-10H2,1H3,(H,23,28)(H,24,29). The van der Waals surface area contributed by atoms with E-state index in [-0.39, 0.29) is 24.0 Å². The summed E-state index contributed by atoms with van der Waals surface area (Å²) in [4.78, 5) is 24.4. The number of aromatic nitrogens is 3. The Morgan fingerprint density at radius 1 is 0.933 bits per heavy atom. The molecule has 0 aliphatic rings. The van der Waals surface area contributed by atoms with Gasteiger partial charge in [-0.3, -0.25) is 9.59 Å². The number of nitrogens with zero attached hydrogens (tertiary/aromatic N) is 3. The third kappa shape index (κ3) is 6.12. The summed E-state index contributed by atoms with van der Waals surface area (Å²) < 4.78 is 1.68. The molecule has 0 saturated carbocycles. The maximum atomic E-state index is 12.2. The number of hydrogen-bond acceptors (Lipinski definition) is 5. The maximum Gasteiger partial charge on any atom is 0.234 e. The summed E-state index contributed by atoms with van der Waals surface area (Å²) in [7, 11) is 1.74. The quantitative estimate of drug-likeness (QED) is 0.475. The molecule has 0 spiro atoms. The van der Waals surface area contributed by atoms with Crippen molar-refractivity contribution in [3.63, 3.8) is 0 Å². The Kier molecular flexibility index (Phi) is 7.60. The second kappa shape index (κ2) is 10.2. The Labute approximate surface area is 192 Å². The average Bonchev–Trinajstić information content (AvgIpc) is 3.04. The first kappa shape index (κ1) is 22.4. The van der Waals surface area contributed by atoms with Crippen LogP contribution in [0.4, 0.5) is 11.4 Å². The van der Waals surface area contributed by atoms with E-state index in [9.17, 15) is 9.59 Å². The molecule has 2 N–H and O–H groups in total. The van der Waals surface area contributed by atoms with Gasteiger partial charge in [0.2, 0.25) is 11.8 Å². The van der Waals surface area contributed by atoms with Gasteiger partial charge in [0.05, 0.1) is 22.2 Å². The van der Waals surface area contributed by atoms with Gasteiger partial charge in [-0.15, -0.1) is 10.2 Å². The fraction of sp³-hybridized carbons (Fsp3) is 0.158. The molecular formula is C19H16Cl3N5O2S. The minimum absolute atomic E-state index is 0.0438. The molecule has 0 unspecified atom stereocenters. The largest absolute Gasteiger partial charge is 0.326 e. The van der Waals surface area contributed by atoms with Crippen LogP contribution in [0.25, 0.3) is 0 Å². The summed E-state index contributed by atoms with van der Waals surface area (Å²) >= 11 is 18.9. The van der Waals surface area contributed by atoms with E-state index in [0.29, 0.717) is 37.4 Å². The molecule has 1 heterocycles. The van der Waals surface area contributed by atoms with E-state index < -0.39 is 0 Å². The lowest BCUT2D eigenvalue weighted by Gasteiger charge is -2.07. The SMILES string of the molecule is Cn1c(CC(=O)Nc2ccc(Cl)cc2)nnc1SCC(=O)Nc1ccc(Cl)c(Cl)c1. The monoisotopic (exact) mass is 483 g/mol. The van der Waals surface area contributed by atoms with Crippen LogP contribution in [0, 0.1) is 0 Å². The van der Waals surface area contributed by atoms with Gasteiger partial charge in [0.1, 0.15) is 5.82 Å². The van der Waals surface area contributed by atoms with Crippen LogP contribution in [0.15, 0.2) is 47.6 Å². The number of halogens is 3. The highest BCUT2D eigenvalue weighted by atomic mass is 35.5. The first-order chi connectivity index (χ1) is 14.3. The normalized spacial score (nSPS) is 10.7. The molecule has 0 aliphatic heterocycles. The van der Waals surface area contributed by atoms with Crippen molar-refractivity contribution in [3.05, 3.63) is 63.4 Å². The smallest absolute Gasteiger partial charge is 0.234 e. The molecule has 3 rings (SSSR count). The van der Waals surface area contributed by atoms with Crippen LogP contribution in [0.1, 0.15) is 5.82 Å². The number of carbonyl (C=O) groups excluding carboxylic acids is 2. The van der Waals surface area contributed by atoms with Gasteiger partial charge in [-0.05, 0) is 42.5 Å². The molecule has 2 aromatic carbocycles. The number of anilines is 2. The van der Waals surface area contributed by atoms with Gasteiger partial charge in [-0.25, -0.2) is 0 Å². The van der Waals surface area contributed by atoms with Crippen molar-refractivity contribution >= 4 is 69.8 Å². The number of nitrogens with one attached hydrogen (secondary N) is 2. The van der Waals surface area contributed by atoms with Gasteiger partial charge >= 0.3 is 0 Å². The lowest BCUT2D eigenvalue weighted by atomic mass is 10.3. The minimum Gasteiger partial charge on any atom is -0.326 e. The summed E-state index contributed by atoms with van der Waals surface area (Å²) in [6, 6.07) is 11.7. The van der Waals surface area contributed by atoms with E-state index in [1.165, 1.54) is 11.8 Å². The van der Waals surface area contributed by atoms with E-state index >= 15 is 0 Å². The van der Waals surface area contributed by atoms with Gasteiger partial charge < -0.3 is 15.2 Å². The molecule has 7 nitrogen and oxygen atoms in total. The number of hydrogen-bond donors (Lipinski definition) is 2. The highest BCUT2D eigenvalue weighted by molar-refractivity contribution is 7.99. The molecule has 0 saturated heterocycles. The molecule has 2 amide bonds. The van der Waals surface area contributed by atoms with Gasteiger partial charge in [0.15, 0.2) is 5.16 Å². The molecular weight excluding hydrogens is 469 g/mol. The van der Waals surface area contributed by atoms with E-state index in [0.717, 1.165) is 0 Å². The van der Waals surface area contributed by atoms with Crippen LogP contribution in [0.3, 0.4) is 0 Å². The van der Waals surface area contributed by atoms with Crippen molar-refractivity contribution in [2.24, 2.45) is 7.05 Å². The zero-order chi connectivity index (χ0) is 21.7. The van der Waals surface area contributed by atoms with Crippen LogP contribution < -0.4 is 10.6 Å². The van der Waals surface area contributed by atoms with E-state index in [2.05, 4.69) is 20.8 Å². The third-order valence-corrected chi connectivity index (χ3v) is 5.92. The first-order valence-corrected chi connectivity index (χ1v) is 10.7. The van der Waals surface area contributed by atoms with Crippen molar-refractivity contribution in [2.75, 3.05) is 16.4 Å². The van der Waals surface area contributed by atoms with E-state index in [1.807, 2.05) is 0 Å². The van der Waals surface area contributed by atoms with Gasteiger partial charge in [-0.1, -0.05) is 46.6 Å². The molecule has 156 valence electrons. The molecule has 3 aromatic rings. The van der Waals surface area contributed by atoms with Gasteiger partial charge in [0.25, 0.3) is 0 Å². The van der Waals surface area contributed by atoms with Crippen molar-refractivity contribution in [1.82, 2.24) is 14.8 Å². The Balaban J connectivity index is 1.53. The van der Waals surface area contributed by atoms with Crippen molar-refractivity contribution in [2.45, 2.75) is 11.6 Å². The number of rotatable bonds is 7. The minimum atomic E-state index is -0.235. The number of benzene rings is 2. The Morgan fingerprint density at radius 2 is 1.60 bits per heavy atom. The number of thioether (sulfide) groups is 1. The maximum absolute atomic E-state index is 12.2. The van der Waals surface area contributed by atoms with Crippen LogP contribution in [-0.2, 0) is 23.1 Å². The highest BCUT2D eigenvalue weighted by Crippen LogP contribution is 2.25. The lowest BCUT2D eigenvalue weighted by Crippen LogP contribution is -2.17. The molecule has 0 bridgehead atoms. The topological polar surface area (TPSA) is 88.9 Å². The predicted octanol–water partition coefficient (Wildman–Crippen LogP) is 4.69. The van der Waals surface area contributed by atoms with Crippen LogP contribution in [-0.4, -0.2) is 32.3 Å². The molecule has 0 radical (unpaired) electrons. The molecule has 11 heteroatoms. The van der Waals surface area contributed by atoms with Crippen molar-refractivity contribution < 1.29 is 9.59 Å². The lowest BCUT2D eigenvalue weighted by molar-refractivity contribution is -0.116. The van der Waals surface area contributed by atoms with E-state index in [4.69, 9.17) is 34.8 Å². The zero-order valence-electron chi connectivity index (χ0n) is 15.7. The van der Waals surface area contributed by atoms with Crippen LogP contribution >= 0.6 is 46.6 Å². The van der Waals surface area contributed by atoms with Gasteiger partial charge in [0, 0.05) is 23.4 Å². The summed E-state index contributed by atoms with van der Waals surface area (Å²) in [6.07, 6.45) is 0.0438. The summed E-state index contributed by atoms with van der Waals surface area (Å²) in [6.45, 7) is 0. The summed E-state index contributed by atoms with van der Waals surface area (Å²) in [5.74, 6) is 0.127. The van der Waals surface area contributed by atoms with Crippen LogP contribution in [0.2, 0.25) is 15.1 Å². The first-order valence-electron chi connectivity index (χ1n) is 8.63. The summed E-state index contributed by atoms with van der Waals surface area (Å²) in [5.41, 5.74) is 1.19. The Hall–Kier alpha value is -2.26. The Morgan fingerprint density at radius 3 is 2.30 bits per heavy atom. The second-order valence-corrected chi connectivity index (χ2v) is 8.35. The van der Waals surface area contributed by atoms with Crippen LogP contribution in [0.5, 0.6) is 0 Å². The van der Waals surface area contributed by atoms with E-state index in [1.54, 1.807) is 54.1 Å².